The Morgan fingerprint density at radius 2 is 0.849 bits per heavy atom. The van der Waals surface area contributed by atoms with E-state index in [4.69, 9.17) is 0 Å². The summed E-state index contributed by atoms with van der Waals surface area (Å²) in [5.41, 5.74) is 16.0. The maximum atomic E-state index is 2.47. The predicted molar refractivity (Wildman–Crippen MR) is 225 cm³/mol. The van der Waals surface area contributed by atoms with Gasteiger partial charge < -0.3 is 4.90 Å². The number of benzene rings is 8. The van der Waals surface area contributed by atoms with Gasteiger partial charge in [0.05, 0.1) is 11.1 Å². The summed E-state index contributed by atoms with van der Waals surface area (Å²) in [6.07, 6.45) is 4.88. The largest absolute Gasteiger partial charge is 0.310 e. The second kappa shape index (κ2) is 12.3. The third-order valence-corrected chi connectivity index (χ3v) is 14.3. The molecule has 254 valence electrons. The Hall–Kier alpha value is -6.09. The number of nitrogens with zero attached hydrogens (tertiary/aromatic N) is 1. The van der Waals surface area contributed by atoms with E-state index < -0.39 is 15.4 Å². The molecule has 0 saturated heterocycles. The number of hydrogen-bond donors (Lipinski definition) is 0. The van der Waals surface area contributed by atoms with Crippen LogP contribution in [0.2, 0.25) is 0 Å². The molecule has 1 aliphatic carbocycles. The second-order valence-corrected chi connectivity index (χ2v) is 18.0. The first-order chi connectivity index (χ1) is 26.1. The molecule has 53 heavy (non-hydrogen) atoms. The normalized spacial score (nSPS) is 14.8. The van der Waals surface area contributed by atoms with Crippen LogP contribution in [-0.4, -0.2) is 12.5 Å². The van der Waals surface area contributed by atoms with Gasteiger partial charge in [-0.1, -0.05) is 158 Å². The fourth-order valence-corrected chi connectivity index (χ4v) is 11.6. The molecule has 0 spiro atoms. The van der Waals surface area contributed by atoms with Gasteiger partial charge in [0.1, 0.15) is 0 Å². The number of hydrogen-bond acceptors (Lipinski definition) is 1. The van der Waals surface area contributed by atoms with Crippen LogP contribution in [-0.2, 0) is 5.41 Å². The van der Waals surface area contributed by atoms with Crippen LogP contribution in [0.4, 0.5) is 17.1 Å². The Labute approximate surface area is 314 Å². The van der Waals surface area contributed by atoms with Crippen molar-refractivity contribution in [1.29, 1.82) is 0 Å². The molecule has 10 rings (SSSR count). The standard InChI is InChI=1S/C51H39NS/c1-53(2)48-26-14-11-22-44(48)50-47(25-15-27-49(50)53)52(40-32-28-37(29-33-40)36-16-5-3-6-17-36)41-34-30-39(31-35-41)51(38-18-7-4-8-19-38)45-23-12-9-20-42(45)43-21-10-13-24-46(43)51/h3-35H,1-2H3. The monoisotopic (exact) mass is 697 g/mol. The molecule has 0 fully saturated rings. The molecule has 0 saturated carbocycles. The number of anilines is 3. The molecule has 8 aromatic carbocycles. The Morgan fingerprint density at radius 1 is 0.377 bits per heavy atom. The molecule has 8 aromatic rings. The van der Waals surface area contributed by atoms with E-state index in [1.54, 1.807) is 0 Å². The summed E-state index contributed by atoms with van der Waals surface area (Å²) in [6.45, 7) is 0. The van der Waals surface area contributed by atoms with E-state index in [9.17, 15) is 0 Å². The first-order valence-corrected chi connectivity index (χ1v) is 20.8. The minimum absolute atomic E-state index is 0.435. The first-order valence-electron chi connectivity index (χ1n) is 18.3. The SMILES string of the molecule is CS1(C)c2ccccc2-c2c(N(c3ccc(-c4ccccc4)cc3)c3ccc(C4(c5ccccc5)c5ccccc5-c5ccccc54)cc3)cccc21. The van der Waals surface area contributed by atoms with Gasteiger partial charge in [-0.25, -0.2) is 0 Å². The molecule has 0 radical (unpaired) electrons. The quantitative estimate of drug-likeness (QED) is 0.167. The third kappa shape index (κ3) is 4.72. The van der Waals surface area contributed by atoms with Crippen molar-refractivity contribution in [3.8, 4) is 33.4 Å². The first kappa shape index (κ1) is 31.6. The Bertz CT molecular complexity index is 2580. The van der Waals surface area contributed by atoms with Crippen LogP contribution in [0, 0.1) is 0 Å². The lowest BCUT2D eigenvalue weighted by Gasteiger charge is -2.34. The average Bonchev–Trinajstić information content (AvgIpc) is 3.66. The van der Waals surface area contributed by atoms with Crippen LogP contribution >= 0.6 is 10.0 Å². The van der Waals surface area contributed by atoms with Crippen LogP contribution < -0.4 is 4.90 Å². The predicted octanol–water partition coefficient (Wildman–Crippen LogP) is 13.6. The van der Waals surface area contributed by atoms with Crippen molar-refractivity contribution in [2.75, 3.05) is 17.4 Å². The van der Waals surface area contributed by atoms with E-state index in [2.05, 4.69) is 218 Å². The summed E-state index contributed by atoms with van der Waals surface area (Å²) in [5.74, 6) is 0. The summed E-state index contributed by atoms with van der Waals surface area (Å²) in [7, 11) is -1.17. The number of rotatable bonds is 6. The van der Waals surface area contributed by atoms with Crippen molar-refractivity contribution in [3.05, 3.63) is 222 Å². The molecule has 0 bridgehead atoms. The van der Waals surface area contributed by atoms with Gasteiger partial charge in [-0.15, -0.1) is 0 Å². The zero-order chi connectivity index (χ0) is 35.6. The van der Waals surface area contributed by atoms with Gasteiger partial charge in [0.25, 0.3) is 0 Å². The molecule has 0 N–H and O–H groups in total. The Balaban J connectivity index is 1.18. The summed E-state index contributed by atoms with van der Waals surface area (Å²) in [6, 6.07) is 74.1. The van der Waals surface area contributed by atoms with E-state index in [0.29, 0.717) is 0 Å². The summed E-state index contributed by atoms with van der Waals surface area (Å²) in [5, 5.41) is 0. The fraction of sp³-hybridized carbons (Fsp3) is 0.0588. The molecule has 0 atom stereocenters. The van der Waals surface area contributed by atoms with Crippen molar-refractivity contribution < 1.29 is 0 Å². The highest BCUT2D eigenvalue weighted by atomic mass is 32.3. The minimum atomic E-state index is -1.17. The lowest BCUT2D eigenvalue weighted by molar-refractivity contribution is 0.768. The van der Waals surface area contributed by atoms with Crippen molar-refractivity contribution in [2.45, 2.75) is 15.2 Å². The zero-order valence-corrected chi connectivity index (χ0v) is 30.7. The van der Waals surface area contributed by atoms with Crippen molar-refractivity contribution in [1.82, 2.24) is 0 Å². The smallest absolute Gasteiger partial charge is 0.0713 e. The van der Waals surface area contributed by atoms with Crippen LogP contribution in [0.25, 0.3) is 33.4 Å². The van der Waals surface area contributed by atoms with Gasteiger partial charge in [-0.3, -0.25) is 0 Å². The molecule has 1 nitrogen and oxygen atoms in total. The third-order valence-electron chi connectivity index (χ3n) is 11.5. The topological polar surface area (TPSA) is 3.24 Å². The van der Waals surface area contributed by atoms with E-state index in [-0.39, 0.29) is 0 Å². The van der Waals surface area contributed by atoms with E-state index in [1.165, 1.54) is 71.1 Å². The highest BCUT2D eigenvalue weighted by Gasteiger charge is 2.46. The van der Waals surface area contributed by atoms with E-state index in [1.807, 2.05) is 0 Å². The van der Waals surface area contributed by atoms with Gasteiger partial charge >= 0.3 is 0 Å². The molecule has 1 heterocycles. The van der Waals surface area contributed by atoms with Crippen molar-refractivity contribution in [2.24, 2.45) is 0 Å². The van der Waals surface area contributed by atoms with Gasteiger partial charge in [0.15, 0.2) is 0 Å². The van der Waals surface area contributed by atoms with Gasteiger partial charge in [0.2, 0.25) is 0 Å². The minimum Gasteiger partial charge on any atom is -0.310 e. The Kier molecular flexibility index (Phi) is 7.32. The molecule has 0 aromatic heterocycles. The van der Waals surface area contributed by atoms with Gasteiger partial charge in [0, 0.05) is 26.7 Å². The van der Waals surface area contributed by atoms with Gasteiger partial charge in [-0.05, 0) is 105 Å². The zero-order valence-electron chi connectivity index (χ0n) is 29.9. The summed E-state index contributed by atoms with van der Waals surface area (Å²) >= 11 is 0. The molecular weight excluding hydrogens is 659 g/mol. The maximum Gasteiger partial charge on any atom is 0.0713 e. The second-order valence-electron chi connectivity index (χ2n) is 14.5. The van der Waals surface area contributed by atoms with Gasteiger partial charge in [-0.2, -0.15) is 10.0 Å². The maximum absolute atomic E-state index is 2.47. The lowest BCUT2D eigenvalue weighted by atomic mass is 9.68. The molecule has 0 amide bonds. The molecule has 2 heteroatoms. The lowest BCUT2D eigenvalue weighted by Crippen LogP contribution is -2.28. The van der Waals surface area contributed by atoms with Crippen LogP contribution in [0.5, 0.6) is 0 Å². The fourth-order valence-electron chi connectivity index (χ4n) is 9.07. The van der Waals surface area contributed by atoms with Crippen molar-refractivity contribution >= 4 is 27.1 Å². The van der Waals surface area contributed by atoms with E-state index >= 15 is 0 Å². The van der Waals surface area contributed by atoms with Crippen LogP contribution in [0.3, 0.4) is 0 Å². The summed E-state index contributed by atoms with van der Waals surface area (Å²) < 4.78 is 0. The highest BCUT2D eigenvalue weighted by molar-refractivity contribution is 8.33. The molecule has 2 aliphatic rings. The molecular formula is C51H39NS. The molecule has 0 unspecified atom stereocenters. The van der Waals surface area contributed by atoms with Crippen LogP contribution in [0.15, 0.2) is 210 Å². The Morgan fingerprint density at radius 3 is 1.49 bits per heavy atom. The summed E-state index contributed by atoms with van der Waals surface area (Å²) in [4.78, 5) is 5.38. The van der Waals surface area contributed by atoms with Crippen molar-refractivity contribution in [3.63, 3.8) is 0 Å². The molecule has 1 aliphatic heterocycles. The highest BCUT2D eigenvalue weighted by Crippen LogP contribution is 2.69. The van der Waals surface area contributed by atoms with Crippen LogP contribution in [0.1, 0.15) is 22.3 Å². The average molecular weight is 698 g/mol. The van der Waals surface area contributed by atoms with E-state index in [0.717, 1.165) is 11.4 Å². The number of fused-ring (bicyclic) bond motifs is 6.